The summed E-state index contributed by atoms with van der Waals surface area (Å²) in [5.74, 6) is 0.0638. The molecule has 1 atom stereocenters. The summed E-state index contributed by atoms with van der Waals surface area (Å²) in [7, 11) is 0. The lowest BCUT2D eigenvalue weighted by Gasteiger charge is -2.36. The molecule has 7 nitrogen and oxygen atoms in total. The van der Waals surface area contributed by atoms with E-state index in [4.69, 9.17) is 0 Å². The molecule has 3 fully saturated rings. The van der Waals surface area contributed by atoms with Gasteiger partial charge in [0.15, 0.2) is 0 Å². The molecule has 0 radical (unpaired) electrons. The van der Waals surface area contributed by atoms with Crippen LogP contribution in [0.4, 0.5) is 4.79 Å². The minimum absolute atomic E-state index is 0.0677. The minimum atomic E-state index is -0.0677. The number of pyridine rings is 1. The zero-order chi connectivity index (χ0) is 20.1. The Morgan fingerprint density at radius 3 is 2.45 bits per heavy atom. The van der Waals surface area contributed by atoms with Crippen LogP contribution in [0.2, 0.25) is 0 Å². The lowest BCUT2D eigenvalue weighted by molar-refractivity contribution is -0.127. The van der Waals surface area contributed by atoms with Crippen molar-refractivity contribution in [1.29, 1.82) is 0 Å². The largest absolute Gasteiger partial charge is 0.353 e. The Morgan fingerprint density at radius 1 is 0.966 bits per heavy atom. The summed E-state index contributed by atoms with van der Waals surface area (Å²) < 4.78 is 0. The third-order valence-electron chi connectivity index (χ3n) is 6.48. The minimum Gasteiger partial charge on any atom is -0.353 e. The molecule has 3 aliphatic heterocycles. The maximum Gasteiger partial charge on any atom is 0.320 e. The molecule has 1 aromatic heterocycles. The summed E-state index contributed by atoms with van der Waals surface area (Å²) in [5.41, 5.74) is 1.10. The fourth-order valence-corrected chi connectivity index (χ4v) is 4.75. The Kier molecular flexibility index (Phi) is 6.64. The monoisotopic (exact) mass is 399 g/mol. The van der Waals surface area contributed by atoms with Gasteiger partial charge in [0.25, 0.3) is 0 Å². The lowest BCUT2D eigenvalue weighted by atomic mass is 9.96. The van der Waals surface area contributed by atoms with Crippen LogP contribution < -0.4 is 5.32 Å². The van der Waals surface area contributed by atoms with E-state index in [1.54, 1.807) is 0 Å². The number of carbonyl (C=O) groups excluding carboxylic acids is 2. The molecule has 0 bridgehead atoms. The van der Waals surface area contributed by atoms with Crippen LogP contribution in [0.1, 0.15) is 44.2 Å². The highest BCUT2D eigenvalue weighted by Crippen LogP contribution is 2.21. The molecule has 4 rings (SSSR count). The van der Waals surface area contributed by atoms with Crippen molar-refractivity contribution in [1.82, 2.24) is 25.0 Å². The van der Waals surface area contributed by atoms with E-state index < -0.39 is 0 Å². The van der Waals surface area contributed by atoms with E-state index >= 15 is 0 Å². The molecule has 3 saturated heterocycles. The highest BCUT2D eigenvalue weighted by atomic mass is 16.2. The van der Waals surface area contributed by atoms with E-state index in [1.165, 1.54) is 0 Å². The van der Waals surface area contributed by atoms with Gasteiger partial charge in [-0.3, -0.25) is 14.7 Å². The van der Waals surface area contributed by atoms with Gasteiger partial charge in [0.1, 0.15) is 0 Å². The number of carbonyl (C=O) groups is 2. The van der Waals surface area contributed by atoms with Gasteiger partial charge in [-0.1, -0.05) is 6.07 Å². The molecule has 3 aliphatic rings. The molecule has 1 N–H and O–H groups in total. The summed E-state index contributed by atoms with van der Waals surface area (Å²) in [4.78, 5) is 36.1. The van der Waals surface area contributed by atoms with Gasteiger partial charge in [-0.15, -0.1) is 0 Å². The molecule has 158 valence electrons. The second-order valence-electron chi connectivity index (χ2n) is 8.64. The van der Waals surface area contributed by atoms with Gasteiger partial charge in [0, 0.05) is 58.1 Å². The first-order chi connectivity index (χ1) is 14.2. The SMILES string of the molecule is O=C(NC1CCN(Cc2ccccn2)CC1)[C@@H]1CCCN(C(=O)N2CCCC2)C1. The first-order valence-corrected chi connectivity index (χ1v) is 11.2. The van der Waals surface area contributed by atoms with E-state index in [0.717, 1.165) is 83.5 Å². The van der Waals surface area contributed by atoms with Crippen LogP contribution in [0.5, 0.6) is 0 Å². The second kappa shape index (κ2) is 9.57. The molecule has 0 saturated carbocycles. The first-order valence-electron chi connectivity index (χ1n) is 11.2. The van der Waals surface area contributed by atoms with Crippen LogP contribution in [0, 0.1) is 5.92 Å². The van der Waals surface area contributed by atoms with E-state index in [9.17, 15) is 9.59 Å². The van der Waals surface area contributed by atoms with Crippen molar-refractivity contribution in [2.45, 2.75) is 51.1 Å². The predicted octanol–water partition coefficient (Wildman–Crippen LogP) is 2.09. The van der Waals surface area contributed by atoms with E-state index in [-0.39, 0.29) is 23.9 Å². The first kappa shape index (κ1) is 20.1. The number of amides is 3. The predicted molar refractivity (Wildman–Crippen MR) is 111 cm³/mol. The summed E-state index contributed by atoms with van der Waals surface area (Å²) in [6.45, 7) is 5.91. The van der Waals surface area contributed by atoms with Gasteiger partial charge in [-0.05, 0) is 50.7 Å². The molecule has 3 amide bonds. The number of hydrogen-bond donors (Lipinski definition) is 1. The summed E-state index contributed by atoms with van der Waals surface area (Å²) in [5, 5.41) is 3.27. The van der Waals surface area contributed by atoms with E-state index in [2.05, 4.69) is 21.3 Å². The Balaban J connectivity index is 1.21. The van der Waals surface area contributed by atoms with Crippen LogP contribution in [0.15, 0.2) is 24.4 Å². The number of piperidine rings is 2. The lowest BCUT2D eigenvalue weighted by Crippen LogP contribution is -2.52. The van der Waals surface area contributed by atoms with Crippen molar-refractivity contribution in [3.8, 4) is 0 Å². The Morgan fingerprint density at radius 2 is 1.72 bits per heavy atom. The average Bonchev–Trinajstić information content (AvgIpc) is 3.30. The average molecular weight is 400 g/mol. The smallest absolute Gasteiger partial charge is 0.320 e. The van der Waals surface area contributed by atoms with Crippen molar-refractivity contribution >= 4 is 11.9 Å². The highest BCUT2D eigenvalue weighted by Gasteiger charge is 2.32. The topological polar surface area (TPSA) is 68.8 Å². The van der Waals surface area contributed by atoms with Crippen molar-refractivity contribution < 1.29 is 9.59 Å². The summed E-state index contributed by atoms with van der Waals surface area (Å²) in [6.07, 6.45) is 7.78. The zero-order valence-electron chi connectivity index (χ0n) is 17.3. The van der Waals surface area contributed by atoms with E-state index in [0.29, 0.717) is 6.54 Å². The molecule has 0 aliphatic carbocycles. The quantitative estimate of drug-likeness (QED) is 0.842. The van der Waals surface area contributed by atoms with Crippen molar-refractivity contribution in [2.24, 2.45) is 5.92 Å². The van der Waals surface area contributed by atoms with Crippen molar-refractivity contribution in [2.75, 3.05) is 39.3 Å². The number of likely N-dealkylation sites (tertiary alicyclic amines) is 3. The molecule has 0 aromatic carbocycles. The zero-order valence-corrected chi connectivity index (χ0v) is 17.3. The molecular formula is C22H33N5O2. The van der Waals surface area contributed by atoms with Crippen LogP contribution in [-0.2, 0) is 11.3 Å². The van der Waals surface area contributed by atoms with Crippen LogP contribution in [0.3, 0.4) is 0 Å². The molecule has 29 heavy (non-hydrogen) atoms. The number of aromatic nitrogens is 1. The van der Waals surface area contributed by atoms with Gasteiger partial charge in [0.05, 0.1) is 11.6 Å². The Bertz CT molecular complexity index is 684. The van der Waals surface area contributed by atoms with Crippen LogP contribution in [0.25, 0.3) is 0 Å². The molecule has 0 spiro atoms. The van der Waals surface area contributed by atoms with Crippen LogP contribution in [-0.4, -0.2) is 76.9 Å². The number of rotatable bonds is 4. The third kappa shape index (κ3) is 5.26. The second-order valence-corrected chi connectivity index (χ2v) is 8.64. The number of nitrogens with one attached hydrogen (secondary N) is 1. The van der Waals surface area contributed by atoms with Gasteiger partial charge >= 0.3 is 6.03 Å². The number of nitrogens with zero attached hydrogens (tertiary/aromatic N) is 4. The number of hydrogen-bond acceptors (Lipinski definition) is 4. The van der Waals surface area contributed by atoms with Gasteiger partial charge in [0.2, 0.25) is 5.91 Å². The standard InChI is InChI=1S/C22H33N5O2/c28-21(18-6-5-13-27(16-18)22(29)26-11-3-4-12-26)24-19-8-14-25(15-9-19)17-20-7-1-2-10-23-20/h1-2,7,10,18-19H,3-6,8-9,11-17H2,(H,24,28)/t18-/m1/s1. The summed E-state index contributed by atoms with van der Waals surface area (Å²) in [6, 6.07) is 6.40. The van der Waals surface area contributed by atoms with Crippen molar-refractivity contribution in [3.05, 3.63) is 30.1 Å². The fraction of sp³-hybridized carbons (Fsp3) is 0.682. The molecular weight excluding hydrogens is 366 g/mol. The van der Waals surface area contributed by atoms with E-state index in [1.807, 2.05) is 28.1 Å². The van der Waals surface area contributed by atoms with Gasteiger partial charge < -0.3 is 15.1 Å². The van der Waals surface area contributed by atoms with Gasteiger partial charge in [-0.2, -0.15) is 0 Å². The molecule has 1 aromatic rings. The molecule has 0 unspecified atom stereocenters. The molecule has 4 heterocycles. The fourth-order valence-electron chi connectivity index (χ4n) is 4.75. The third-order valence-corrected chi connectivity index (χ3v) is 6.48. The van der Waals surface area contributed by atoms with Crippen molar-refractivity contribution in [3.63, 3.8) is 0 Å². The molecule has 7 heteroatoms. The maximum atomic E-state index is 12.8. The number of urea groups is 1. The Hall–Kier alpha value is -2.15. The normalized spacial score (nSPS) is 23.9. The maximum absolute atomic E-state index is 12.8. The Labute approximate surface area is 173 Å². The van der Waals surface area contributed by atoms with Gasteiger partial charge in [-0.25, -0.2) is 4.79 Å². The van der Waals surface area contributed by atoms with Crippen LogP contribution >= 0.6 is 0 Å². The summed E-state index contributed by atoms with van der Waals surface area (Å²) >= 11 is 0. The highest BCUT2D eigenvalue weighted by molar-refractivity contribution is 5.81.